The highest BCUT2D eigenvalue weighted by atomic mass is 32.3. The summed E-state index contributed by atoms with van der Waals surface area (Å²) in [5, 5.41) is 13.4. The van der Waals surface area contributed by atoms with Crippen LogP contribution >= 0.6 is 0 Å². The van der Waals surface area contributed by atoms with Crippen LogP contribution in [0.1, 0.15) is 15.9 Å². The number of anilines is 1. The van der Waals surface area contributed by atoms with Crippen LogP contribution in [0.4, 0.5) is 15.3 Å². The Morgan fingerprint density at radius 3 is 2.30 bits per heavy atom. The maximum atomic E-state index is 12.8. The van der Waals surface area contributed by atoms with Crippen molar-refractivity contribution < 1.29 is 22.0 Å². The van der Waals surface area contributed by atoms with E-state index in [4.69, 9.17) is 0 Å². The second-order valence-corrected chi connectivity index (χ2v) is 6.04. The van der Waals surface area contributed by atoms with Crippen LogP contribution < -0.4 is 5.32 Å². The first-order valence-electron chi connectivity index (χ1n) is 6.29. The molecule has 0 aliphatic carbocycles. The minimum Gasteiger partial charge on any atom is -0.322 e. The zero-order chi connectivity index (χ0) is 17.2. The number of carbonyl (C=O) groups is 1. The van der Waals surface area contributed by atoms with Gasteiger partial charge >= 0.3 is 10.2 Å². The quantitative estimate of drug-likeness (QED) is 0.524. The molecule has 0 fully saturated rings. The van der Waals surface area contributed by atoms with Crippen LogP contribution in [0.15, 0.2) is 47.4 Å². The van der Waals surface area contributed by atoms with E-state index in [0.717, 1.165) is 12.1 Å². The van der Waals surface area contributed by atoms with Crippen LogP contribution in [-0.4, -0.2) is 19.2 Å². The fraction of sp³-hybridized carbons (Fsp3) is 0.0714. The van der Waals surface area contributed by atoms with E-state index < -0.39 is 25.9 Å². The molecule has 0 atom stereocenters. The summed E-state index contributed by atoms with van der Waals surface area (Å²) in [6, 6.07) is 8.44. The molecular formula is C14H11FN2O5S. The van der Waals surface area contributed by atoms with E-state index in [-0.39, 0.29) is 16.9 Å². The number of hydrogen-bond donors (Lipinski definition) is 1. The average Bonchev–Trinajstić information content (AvgIpc) is 2.46. The number of nitrogens with one attached hydrogen (secondary N) is 1. The van der Waals surface area contributed by atoms with Gasteiger partial charge in [0.25, 0.3) is 11.6 Å². The molecule has 0 bridgehead atoms. The number of amides is 1. The Morgan fingerprint density at radius 2 is 1.78 bits per heavy atom. The SMILES string of the molecule is Cc1ccc([N+](=O)[O-])c(C(=O)Nc2ccc(S(=O)(=O)F)cc2)c1. The molecule has 0 radical (unpaired) electrons. The zero-order valence-corrected chi connectivity index (χ0v) is 12.6. The summed E-state index contributed by atoms with van der Waals surface area (Å²) < 4.78 is 34.2. The summed E-state index contributed by atoms with van der Waals surface area (Å²) in [4.78, 5) is 21.9. The van der Waals surface area contributed by atoms with Crippen LogP contribution in [0.5, 0.6) is 0 Å². The van der Waals surface area contributed by atoms with E-state index in [9.17, 15) is 27.2 Å². The van der Waals surface area contributed by atoms with Crippen molar-refractivity contribution in [2.24, 2.45) is 0 Å². The molecule has 0 aromatic heterocycles. The Labute approximate surface area is 131 Å². The summed E-state index contributed by atoms with van der Waals surface area (Å²) in [6.45, 7) is 1.68. The molecular weight excluding hydrogens is 327 g/mol. The van der Waals surface area contributed by atoms with Gasteiger partial charge in [0, 0.05) is 11.8 Å². The number of hydrogen-bond acceptors (Lipinski definition) is 5. The summed E-state index contributed by atoms with van der Waals surface area (Å²) in [5.41, 5.74) is 0.367. The van der Waals surface area contributed by atoms with Crippen molar-refractivity contribution >= 4 is 27.5 Å². The lowest BCUT2D eigenvalue weighted by Crippen LogP contribution is -2.14. The fourth-order valence-corrected chi connectivity index (χ4v) is 2.35. The highest BCUT2D eigenvalue weighted by Crippen LogP contribution is 2.22. The lowest BCUT2D eigenvalue weighted by atomic mass is 10.1. The summed E-state index contributed by atoms with van der Waals surface area (Å²) in [7, 11) is -4.83. The van der Waals surface area contributed by atoms with Gasteiger partial charge in [-0.3, -0.25) is 14.9 Å². The average molecular weight is 338 g/mol. The number of rotatable bonds is 4. The van der Waals surface area contributed by atoms with Gasteiger partial charge in [-0.15, -0.1) is 3.89 Å². The second-order valence-electron chi connectivity index (χ2n) is 4.69. The number of carbonyl (C=O) groups excluding carboxylic acids is 1. The van der Waals surface area contributed by atoms with Crippen LogP contribution in [0.2, 0.25) is 0 Å². The number of nitro benzene ring substituents is 1. The molecule has 0 aliphatic rings. The second kappa shape index (κ2) is 6.13. The molecule has 9 heteroatoms. The minimum atomic E-state index is -4.83. The molecule has 23 heavy (non-hydrogen) atoms. The van der Waals surface area contributed by atoms with Gasteiger partial charge in [0.15, 0.2) is 0 Å². The van der Waals surface area contributed by atoms with Crippen molar-refractivity contribution in [2.45, 2.75) is 11.8 Å². The summed E-state index contributed by atoms with van der Waals surface area (Å²) in [5.74, 6) is -0.726. The Bertz CT molecular complexity index is 879. The van der Waals surface area contributed by atoms with Gasteiger partial charge in [-0.1, -0.05) is 6.07 Å². The molecule has 0 spiro atoms. The van der Waals surface area contributed by atoms with Gasteiger partial charge in [0.05, 0.1) is 9.82 Å². The fourth-order valence-electron chi connectivity index (χ4n) is 1.89. The number of halogens is 1. The Morgan fingerprint density at radius 1 is 1.17 bits per heavy atom. The summed E-state index contributed by atoms with van der Waals surface area (Å²) >= 11 is 0. The predicted octanol–water partition coefficient (Wildman–Crippen LogP) is 2.81. The van der Waals surface area contributed by atoms with Crippen molar-refractivity contribution in [3.63, 3.8) is 0 Å². The van der Waals surface area contributed by atoms with Crippen molar-refractivity contribution in [1.29, 1.82) is 0 Å². The van der Waals surface area contributed by atoms with Crippen molar-refractivity contribution in [2.75, 3.05) is 5.32 Å². The van der Waals surface area contributed by atoms with Crippen LogP contribution in [-0.2, 0) is 10.2 Å². The molecule has 0 saturated heterocycles. The van der Waals surface area contributed by atoms with Gasteiger partial charge in [0.2, 0.25) is 0 Å². The standard InChI is InChI=1S/C14H11FN2O5S/c1-9-2-7-13(17(19)20)12(8-9)14(18)16-10-3-5-11(6-4-10)23(15,21)22/h2-8H,1H3,(H,16,18). The third kappa shape index (κ3) is 3.89. The minimum absolute atomic E-state index is 0.128. The Kier molecular flexibility index (Phi) is 4.41. The first kappa shape index (κ1) is 16.6. The number of nitrogens with zero attached hydrogens (tertiary/aromatic N) is 1. The van der Waals surface area contributed by atoms with Gasteiger partial charge < -0.3 is 5.32 Å². The number of benzene rings is 2. The largest absolute Gasteiger partial charge is 0.332 e. The van der Waals surface area contributed by atoms with E-state index in [1.54, 1.807) is 6.92 Å². The first-order chi connectivity index (χ1) is 10.7. The molecule has 1 amide bonds. The van der Waals surface area contributed by atoms with E-state index in [2.05, 4.69) is 5.32 Å². The molecule has 0 heterocycles. The van der Waals surface area contributed by atoms with E-state index >= 15 is 0 Å². The van der Waals surface area contributed by atoms with Crippen LogP contribution in [0.3, 0.4) is 0 Å². The van der Waals surface area contributed by atoms with E-state index in [1.807, 2.05) is 0 Å². The molecule has 0 aliphatic heterocycles. The topological polar surface area (TPSA) is 106 Å². The van der Waals surface area contributed by atoms with Crippen molar-refractivity contribution in [3.8, 4) is 0 Å². The summed E-state index contributed by atoms with van der Waals surface area (Å²) in [6.07, 6.45) is 0. The van der Waals surface area contributed by atoms with Crippen LogP contribution in [0, 0.1) is 17.0 Å². The number of aryl methyl sites for hydroxylation is 1. The molecule has 2 aromatic rings. The molecule has 0 saturated carbocycles. The maximum Gasteiger partial charge on any atom is 0.332 e. The lowest BCUT2D eigenvalue weighted by molar-refractivity contribution is -0.385. The van der Waals surface area contributed by atoms with Crippen LogP contribution in [0.25, 0.3) is 0 Å². The smallest absolute Gasteiger partial charge is 0.322 e. The molecule has 7 nitrogen and oxygen atoms in total. The Balaban J connectivity index is 2.29. The maximum absolute atomic E-state index is 12.8. The van der Waals surface area contributed by atoms with Gasteiger partial charge in [-0.05, 0) is 42.8 Å². The predicted molar refractivity (Wildman–Crippen MR) is 80.5 cm³/mol. The molecule has 120 valence electrons. The van der Waals surface area contributed by atoms with E-state index in [0.29, 0.717) is 5.56 Å². The highest BCUT2D eigenvalue weighted by molar-refractivity contribution is 7.86. The monoisotopic (exact) mass is 338 g/mol. The van der Waals surface area contributed by atoms with Gasteiger partial charge in [0.1, 0.15) is 5.56 Å². The number of nitro groups is 1. The van der Waals surface area contributed by atoms with Crippen molar-refractivity contribution in [3.05, 3.63) is 63.7 Å². The normalized spacial score (nSPS) is 11.0. The first-order valence-corrected chi connectivity index (χ1v) is 7.68. The van der Waals surface area contributed by atoms with Gasteiger partial charge in [-0.25, -0.2) is 0 Å². The molecule has 1 N–H and O–H groups in total. The zero-order valence-electron chi connectivity index (χ0n) is 11.8. The third-order valence-electron chi connectivity index (χ3n) is 2.99. The van der Waals surface area contributed by atoms with Crippen molar-refractivity contribution in [1.82, 2.24) is 0 Å². The Hall–Kier alpha value is -2.81. The molecule has 2 aromatic carbocycles. The van der Waals surface area contributed by atoms with Gasteiger partial charge in [-0.2, -0.15) is 8.42 Å². The highest BCUT2D eigenvalue weighted by Gasteiger charge is 2.20. The third-order valence-corrected chi connectivity index (χ3v) is 3.82. The van der Waals surface area contributed by atoms with E-state index in [1.165, 1.54) is 30.3 Å². The lowest BCUT2D eigenvalue weighted by Gasteiger charge is -2.07. The molecule has 0 unspecified atom stereocenters. The molecule has 2 rings (SSSR count).